The molecule has 9 nitrogen and oxygen atoms in total. The first-order valence-corrected chi connectivity index (χ1v) is 8.69. The number of hydrogen-bond acceptors (Lipinski definition) is 8. The Bertz CT molecular complexity index is 778. The maximum absolute atomic E-state index is 11.4. The lowest BCUT2D eigenvalue weighted by Crippen LogP contribution is -2.24. The van der Waals surface area contributed by atoms with Crippen molar-refractivity contribution >= 4 is 10.0 Å². The minimum atomic E-state index is -3.34. The van der Waals surface area contributed by atoms with Crippen molar-refractivity contribution in [2.75, 3.05) is 27.1 Å². The minimum Gasteiger partial charge on any atom is -0.493 e. The van der Waals surface area contributed by atoms with E-state index >= 15 is 0 Å². The fourth-order valence-corrected chi connectivity index (χ4v) is 2.48. The molecule has 0 spiro atoms. The molecule has 1 N–H and O–H groups in total. The van der Waals surface area contributed by atoms with Crippen LogP contribution in [0.15, 0.2) is 16.7 Å². The number of nitrogens with zero attached hydrogens (tertiary/aromatic N) is 2. The molecular formula is C14H19N3O6S. The lowest BCUT2D eigenvalue weighted by Gasteiger charge is -2.12. The van der Waals surface area contributed by atoms with Crippen LogP contribution >= 0.6 is 0 Å². The summed E-state index contributed by atoms with van der Waals surface area (Å²) in [6, 6.07) is 3.35. The summed E-state index contributed by atoms with van der Waals surface area (Å²) in [5.41, 5.74) is 0.581. The van der Waals surface area contributed by atoms with Gasteiger partial charge in [0, 0.05) is 5.56 Å². The minimum absolute atomic E-state index is 0.0269. The smallest absolute Gasteiger partial charge is 0.242 e. The van der Waals surface area contributed by atoms with Gasteiger partial charge in [-0.3, -0.25) is 0 Å². The topological polar surface area (TPSA) is 113 Å². The Morgan fingerprint density at radius 1 is 1.12 bits per heavy atom. The van der Waals surface area contributed by atoms with Gasteiger partial charge >= 0.3 is 0 Å². The molecular weight excluding hydrogens is 338 g/mol. The maximum Gasteiger partial charge on any atom is 0.242 e. The van der Waals surface area contributed by atoms with E-state index in [0.29, 0.717) is 22.8 Å². The van der Waals surface area contributed by atoms with Crippen LogP contribution in [0.25, 0.3) is 11.4 Å². The summed E-state index contributed by atoms with van der Waals surface area (Å²) < 4.78 is 46.1. The van der Waals surface area contributed by atoms with Crippen molar-refractivity contribution in [3.63, 3.8) is 0 Å². The maximum atomic E-state index is 11.4. The highest BCUT2D eigenvalue weighted by Gasteiger charge is 2.18. The monoisotopic (exact) mass is 357 g/mol. The van der Waals surface area contributed by atoms with Crippen LogP contribution in [0.3, 0.4) is 0 Å². The van der Waals surface area contributed by atoms with Crippen LogP contribution in [0.4, 0.5) is 0 Å². The normalized spacial score (nSPS) is 11.3. The zero-order valence-corrected chi connectivity index (χ0v) is 14.6. The van der Waals surface area contributed by atoms with Gasteiger partial charge in [-0.25, -0.2) is 13.1 Å². The van der Waals surface area contributed by atoms with Crippen molar-refractivity contribution in [2.45, 2.75) is 13.5 Å². The molecule has 1 aromatic heterocycles. The van der Waals surface area contributed by atoms with E-state index in [9.17, 15) is 8.42 Å². The van der Waals surface area contributed by atoms with Gasteiger partial charge in [-0.05, 0) is 19.1 Å². The van der Waals surface area contributed by atoms with Crippen molar-refractivity contribution in [3.8, 4) is 28.6 Å². The fourth-order valence-electron chi connectivity index (χ4n) is 1.93. The standard InChI is InChI=1S/C14H19N3O6S/c1-5-24(18,19)15-8-12-16-14(17-23-12)9-6-10(20-2)13(22-4)11(7-9)21-3/h6-7,15H,5,8H2,1-4H3. The molecule has 0 saturated carbocycles. The lowest BCUT2D eigenvalue weighted by atomic mass is 10.1. The van der Waals surface area contributed by atoms with Crippen molar-refractivity contribution in [3.05, 3.63) is 18.0 Å². The Balaban J connectivity index is 2.29. The quantitative estimate of drug-likeness (QED) is 0.750. The van der Waals surface area contributed by atoms with Crippen LogP contribution in [0.1, 0.15) is 12.8 Å². The van der Waals surface area contributed by atoms with E-state index in [1.54, 1.807) is 12.1 Å². The van der Waals surface area contributed by atoms with Crippen molar-refractivity contribution in [1.82, 2.24) is 14.9 Å². The molecule has 10 heteroatoms. The molecule has 0 aliphatic heterocycles. The van der Waals surface area contributed by atoms with Crippen LogP contribution in [-0.2, 0) is 16.6 Å². The third-order valence-corrected chi connectivity index (χ3v) is 4.56. The first-order chi connectivity index (χ1) is 11.4. The summed E-state index contributed by atoms with van der Waals surface area (Å²) in [4.78, 5) is 4.17. The summed E-state index contributed by atoms with van der Waals surface area (Å²) in [6.07, 6.45) is 0. The molecule has 1 aromatic carbocycles. The van der Waals surface area contributed by atoms with Crippen LogP contribution in [0.5, 0.6) is 17.2 Å². The summed E-state index contributed by atoms with van der Waals surface area (Å²) in [6.45, 7) is 1.46. The second-order valence-corrected chi connectivity index (χ2v) is 6.75. The summed E-state index contributed by atoms with van der Waals surface area (Å²) in [7, 11) is 1.17. The fraction of sp³-hybridized carbons (Fsp3) is 0.429. The van der Waals surface area contributed by atoms with Crippen molar-refractivity contribution in [2.24, 2.45) is 0 Å². The molecule has 1 heterocycles. The summed E-state index contributed by atoms with van der Waals surface area (Å²) in [5, 5.41) is 3.85. The van der Waals surface area contributed by atoms with Crippen LogP contribution in [0, 0.1) is 0 Å². The van der Waals surface area contributed by atoms with Gasteiger partial charge < -0.3 is 18.7 Å². The molecule has 132 valence electrons. The van der Waals surface area contributed by atoms with Crippen molar-refractivity contribution in [1.29, 1.82) is 0 Å². The Kier molecular flexibility index (Phi) is 5.62. The molecule has 0 bridgehead atoms. The van der Waals surface area contributed by atoms with Gasteiger partial charge in [0.1, 0.15) is 0 Å². The lowest BCUT2D eigenvalue weighted by molar-refractivity contribution is 0.324. The van der Waals surface area contributed by atoms with E-state index in [4.69, 9.17) is 18.7 Å². The van der Waals surface area contributed by atoms with Gasteiger partial charge in [-0.2, -0.15) is 4.98 Å². The second-order valence-electron chi connectivity index (χ2n) is 4.65. The van der Waals surface area contributed by atoms with E-state index in [-0.39, 0.29) is 24.0 Å². The Hall–Kier alpha value is -2.33. The van der Waals surface area contributed by atoms with Gasteiger partial charge in [-0.1, -0.05) is 5.16 Å². The molecule has 0 radical (unpaired) electrons. The van der Waals surface area contributed by atoms with Gasteiger partial charge in [0.25, 0.3) is 0 Å². The van der Waals surface area contributed by atoms with Gasteiger partial charge in [0.05, 0.1) is 33.6 Å². The summed E-state index contributed by atoms with van der Waals surface area (Å²) >= 11 is 0. The van der Waals surface area contributed by atoms with E-state index in [0.717, 1.165) is 0 Å². The number of benzene rings is 1. The number of rotatable bonds is 8. The van der Waals surface area contributed by atoms with Crippen molar-refractivity contribution < 1.29 is 27.2 Å². The average Bonchev–Trinajstić information content (AvgIpc) is 3.07. The second kappa shape index (κ2) is 7.49. The zero-order valence-electron chi connectivity index (χ0n) is 13.8. The average molecular weight is 357 g/mol. The zero-order chi connectivity index (χ0) is 17.7. The number of methoxy groups -OCH3 is 3. The first kappa shape index (κ1) is 18.0. The molecule has 24 heavy (non-hydrogen) atoms. The SMILES string of the molecule is CCS(=O)(=O)NCc1nc(-c2cc(OC)c(OC)c(OC)c2)no1. The molecule has 0 aliphatic rings. The Morgan fingerprint density at radius 3 is 2.25 bits per heavy atom. The molecule has 0 atom stereocenters. The van der Waals surface area contributed by atoms with E-state index < -0.39 is 10.0 Å². The molecule has 2 rings (SSSR count). The molecule has 0 fully saturated rings. The van der Waals surface area contributed by atoms with Gasteiger partial charge in [-0.15, -0.1) is 0 Å². The van der Waals surface area contributed by atoms with E-state index in [1.807, 2.05) is 0 Å². The van der Waals surface area contributed by atoms with E-state index in [2.05, 4.69) is 14.9 Å². The molecule has 0 saturated heterocycles. The van der Waals surface area contributed by atoms with Gasteiger partial charge in [0.15, 0.2) is 11.5 Å². The molecule has 0 aliphatic carbocycles. The van der Waals surface area contributed by atoms with Gasteiger partial charge in [0.2, 0.25) is 27.5 Å². The number of ether oxygens (including phenoxy) is 3. The third kappa shape index (κ3) is 3.95. The van der Waals surface area contributed by atoms with Crippen LogP contribution in [-0.4, -0.2) is 45.6 Å². The summed E-state index contributed by atoms with van der Waals surface area (Å²) in [5.74, 6) is 1.75. The van der Waals surface area contributed by atoms with E-state index in [1.165, 1.54) is 28.3 Å². The number of hydrogen-bond donors (Lipinski definition) is 1. The van der Waals surface area contributed by atoms with Crippen LogP contribution in [0.2, 0.25) is 0 Å². The molecule has 2 aromatic rings. The largest absolute Gasteiger partial charge is 0.493 e. The molecule has 0 unspecified atom stereocenters. The number of sulfonamides is 1. The number of nitrogens with one attached hydrogen (secondary N) is 1. The number of aromatic nitrogens is 2. The highest BCUT2D eigenvalue weighted by Crippen LogP contribution is 2.40. The van der Waals surface area contributed by atoms with Crippen LogP contribution < -0.4 is 18.9 Å². The predicted octanol–water partition coefficient (Wildman–Crippen LogP) is 1.20. The Morgan fingerprint density at radius 2 is 1.75 bits per heavy atom. The highest BCUT2D eigenvalue weighted by molar-refractivity contribution is 7.89. The Labute approximate surface area is 140 Å². The first-order valence-electron chi connectivity index (χ1n) is 7.04. The third-order valence-electron chi connectivity index (χ3n) is 3.21. The predicted molar refractivity (Wildman–Crippen MR) is 85.7 cm³/mol. The highest BCUT2D eigenvalue weighted by atomic mass is 32.2. The molecule has 0 amide bonds.